The van der Waals surface area contributed by atoms with E-state index in [-0.39, 0.29) is 18.1 Å². The van der Waals surface area contributed by atoms with Gasteiger partial charge in [0.2, 0.25) is 11.8 Å². The van der Waals surface area contributed by atoms with Gasteiger partial charge in [0.05, 0.1) is 12.1 Å². The van der Waals surface area contributed by atoms with Gasteiger partial charge < -0.3 is 9.15 Å². The van der Waals surface area contributed by atoms with E-state index in [1.54, 1.807) is 0 Å². The summed E-state index contributed by atoms with van der Waals surface area (Å²) in [6.07, 6.45) is 0.530. The largest absolute Gasteiger partial charge is 0.462 e. The second-order valence-electron chi connectivity index (χ2n) is 6.87. The second-order valence-corrected chi connectivity index (χ2v) is 6.87. The molecule has 1 heterocycles. The highest BCUT2D eigenvalue weighted by molar-refractivity contribution is 5.76. The van der Waals surface area contributed by atoms with Gasteiger partial charge in [-0.2, -0.15) is 0 Å². The first-order valence-corrected chi connectivity index (χ1v) is 8.72. The SMILES string of the molecule is CC(C)C[C@H](NC(C)c1nnc(-c2ccccc2)o1)C(=O)OC(C)C. The van der Waals surface area contributed by atoms with Gasteiger partial charge in [0.25, 0.3) is 0 Å². The molecule has 6 nitrogen and oxygen atoms in total. The summed E-state index contributed by atoms with van der Waals surface area (Å²) in [6.45, 7) is 9.73. The van der Waals surface area contributed by atoms with E-state index in [0.29, 0.717) is 24.1 Å². The smallest absolute Gasteiger partial charge is 0.323 e. The lowest BCUT2D eigenvalue weighted by Crippen LogP contribution is -2.41. The lowest BCUT2D eigenvalue weighted by atomic mass is 10.0. The zero-order chi connectivity index (χ0) is 18.4. The molecule has 0 spiro atoms. The minimum Gasteiger partial charge on any atom is -0.462 e. The van der Waals surface area contributed by atoms with Crippen molar-refractivity contribution in [1.82, 2.24) is 15.5 Å². The molecule has 2 aromatic rings. The van der Waals surface area contributed by atoms with E-state index in [1.807, 2.05) is 51.1 Å². The molecule has 1 aromatic heterocycles. The first kappa shape index (κ1) is 19.1. The maximum absolute atomic E-state index is 12.3. The predicted molar refractivity (Wildman–Crippen MR) is 95.8 cm³/mol. The molecule has 0 bridgehead atoms. The number of esters is 1. The molecule has 0 amide bonds. The molecule has 2 rings (SSSR count). The van der Waals surface area contributed by atoms with E-state index in [4.69, 9.17) is 9.15 Å². The highest BCUT2D eigenvalue weighted by Gasteiger charge is 2.26. The number of ether oxygens (including phenoxy) is 1. The monoisotopic (exact) mass is 345 g/mol. The topological polar surface area (TPSA) is 77.3 Å². The molecule has 0 aliphatic carbocycles. The van der Waals surface area contributed by atoms with E-state index in [2.05, 4.69) is 29.4 Å². The van der Waals surface area contributed by atoms with Crippen LogP contribution in [0.2, 0.25) is 0 Å². The summed E-state index contributed by atoms with van der Waals surface area (Å²) < 4.78 is 11.1. The summed E-state index contributed by atoms with van der Waals surface area (Å²) in [6, 6.07) is 8.93. The highest BCUT2D eigenvalue weighted by atomic mass is 16.5. The number of hydrogen-bond acceptors (Lipinski definition) is 6. The van der Waals surface area contributed by atoms with Gasteiger partial charge in [0, 0.05) is 5.56 Å². The number of hydrogen-bond donors (Lipinski definition) is 1. The van der Waals surface area contributed by atoms with Gasteiger partial charge in [0.15, 0.2) is 0 Å². The van der Waals surface area contributed by atoms with Gasteiger partial charge in [-0.3, -0.25) is 10.1 Å². The van der Waals surface area contributed by atoms with Crippen LogP contribution in [-0.2, 0) is 9.53 Å². The van der Waals surface area contributed by atoms with Gasteiger partial charge >= 0.3 is 5.97 Å². The number of benzene rings is 1. The molecule has 0 saturated heterocycles. The van der Waals surface area contributed by atoms with Crippen molar-refractivity contribution in [3.05, 3.63) is 36.2 Å². The molecule has 2 atom stereocenters. The number of carbonyl (C=O) groups is 1. The zero-order valence-electron chi connectivity index (χ0n) is 15.5. The second kappa shape index (κ2) is 8.76. The van der Waals surface area contributed by atoms with E-state index < -0.39 is 6.04 Å². The molecule has 6 heteroatoms. The molecule has 0 fully saturated rings. The van der Waals surface area contributed by atoms with Crippen LogP contribution in [0.4, 0.5) is 0 Å². The summed E-state index contributed by atoms with van der Waals surface area (Å²) in [5, 5.41) is 11.5. The summed E-state index contributed by atoms with van der Waals surface area (Å²) in [5.74, 6) is 1.02. The van der Waals surface area contributed by atoms with Gasteiger partial charge in [-0.15, -0.1) is 10.2 Å². The molecule has 0 radical (unpaired) electrons. The molecular formula is C19H27N3O3. The third-order valence-corrected chi connectivity index (χ3v) is 3.63. The molecule has 1 aromatic carbocycles. The van der Waals surface area contributed by atoms with Crippen LogP contribution in [-0.4, -0.2) is 28.3 Å². The Hall–Kier alpha value is -2.21. The number of aromatic nitrogens is 2. The maximum Gasteiger partial charge on any atom is 0.323 e. The summed E-state index contributed by atoms with van der Waals surface area (Å²) in [5.41, 5.74) is 0.867. The molecule has 25 heavy (non-hydrogen) atoms. The molecular weight excluding hydrogens is 318 g/mol. The van der Waals surface area contributed by atoms with Crippen LogP contribution in [0.15, 0.2) is 34.7 Å². The van der Waals surface area contributed by atoms with E-state index in [9.17, 15) is 4.79 Å². The van der Waals surface area contributed by atoms with Gasteiger partial charge in [-0.25, -0.2) is 0 Å². The first-order valence-electron chi connectivity index (χ1n) is 8.72. The summed E-state index contributed by atoms with van der Waals surface area (Å²) >= 11 is 0. The third-order valence-electron chi connectivity index (χ3n) is 3.63. The lowest BCUT2D eigenvalue weighted by Gasteiger charge is -2.22. The molecule has 136 valence electrons. The fraction of sp³-hybridized carbons (Fsp3) is 0.526. The molecule has 0 aliphatic rings. The minimum absolute atomic E-state index is 0.146. The fourth-order valence-corrected chi connectivity index (χ4v) is 2.50. The maximum atomic E-state index is 12.3. The number of nitrogens with zero attached hydrogens (tertiary/aromatic N) is 2. The van der Waals surface area contributed by atoms with Gasteiger partial charge in [-0.05, 0) is 45.2 Å². The van der Waals surface area contributed by atoms with Crippen molar-refractivity contribution in [2.75, 3.05) is 0 Å². The highest BCUT2D eigenvalue weighted by Crippen LogP contribution is 2.21. The van der Waals surface area contributed by atoms with Crippen molar-refractivity contribution in [3.63, 3.8) is 0 Å². The van der Waals surface area contributed by atoms with Crippen molar-refractivity contribution in [2.24, 2.45) is 5.92 Å². The Labute approximate surface area is 149 Å². The van der Waals surface area contributed by atoms with Crippen LogP contribution in [0.3, 0.4) is 0 Å². The van der Waals surface area contributed by atoms with Crippen LogP contribution in [0, 0.1) is 5.92 Å². The van der Waals surface area contributed by atoms with Crippen LogP contribution in [0.1, 0.15) is 53.0 Å². The van der Waals surface area contributed by atoms with Crippen molar-refractivity contribution in [3.8, 4) is 11.5 Å². The Bertz CT molecular complexity index is 668. The van der Waals surface area contributed by atoms with Crippen molar-refractivity contribution in [1.29, 1.82) is 0 Å². The Morgan fingerprint density at radius 1 is 1.12 bits per heavy atom. The van der Waals surface area contributed by atoms with E-state index in [1.165, 1.54) is 0 Å². The third kappa shape index (κ3) is 5.67. The Morgan fingerprint density at radius 3 is 2.40 bits per heavy atom. The number of rotatable bonds is 8. The predicted octanol–water partition coefficient (Wildman–Crippen LogP) is 3.75. The molecule has 0 aliphatic heterocycles. The van der Waals surface area contributed by atoms with Crippen LogP contribution < -0.4 is 5.32 Å². The first-order chi connectivity index (χ1) is 11.9. The quantitative estimate of drug-likeness (QED) is 0.734. The standard InChI is InChI=1S/C19H27N3O3/c1-12(2)11-16(19(23)24-13(3)4)20-14(5)17-21-22-18(25-17)15-9-7-6-8-10-15/h6-10,12-14,16,20H,11H2,1-5H3/t14?,16-/m0/s1. The van der Waals surface area contributed by atoms with E-state index >= 15 is 0 Å². The molecule has 1 unspecified atom stereocenters. The molecule has 1 N–H and O–H groups in total. The van der Waals surface area contributed by atoms with Crippen LogP contribution in [0.25, 0.3) is 11.5 Å². The van der Waals surface area contributed by atoms with Crippen LogP contribution >= 0.6 is 0 Å². The van der Waals surface area contributed by atoms with Crippen molar-refractivity contribution >= 4 is 5.97 Å². The molecule has 0 saturated carbocycles. The fourth-order valence-electron chi connectivity index (χ4n) is 2.50. The summed E-state index contributed by atoms with van der Waals surface area (Å²) in [7, 11) is 0. The Balaban J connectivity index is 2.08. The van der Waals surface area contributed by atoms with Crippen molar-refractivity contribution < 1.29 is 13.9 Å². The Morgan fingerprint density at radius 2 is 1.80 bits per heavy atom. The lowest BCUT2D eigenvalue weighted by molar-refractivity contribution is -0.150. The average molecular weight is 345 g/mol. The van der Waals surface area contributed by atoms with Gasteiger partial charge in [-0.1, -0.05) is 32.0 Å². The number of carbonyl (C=O) groups excluding carboxylic acids is 1. The number of nitrogens with one attached hydrogen (secondary N) is 1. The zero-order valence-corrected chi connectivity index (χ0v) is 15.5. The normalized spacial score (nSPS) is 13.9. The Kier molecular flexibility index (Phi) is 6.70. The average Bonchev–Trinajstić information content (AvgIpc) is 3.04. The minimum atomic E-state index is -0.413. The van der Waals surface area contributed by atoms with Crippen molar-refractivity contribution in [2.45, 2.75) is 59.2 Å². The summed E-state index contributed by atoms with van der Waals surface area (Å²) in [4.78, 5) is 12.3. The van der Waals surface area contributed by atoms with Crippen LogP contribution in [0.5, 0.6) is 0 Å². The van der Waals surface area contributed by atoms with E-state index in [0.717, 1.165) is 5.56 Å². The van der Waals surface area contributed by atoms with Gasteiger partial charge in [0.1, 0.15) is 6.04 Å².